The van der Waals surface area contributed by atoms with E-state index in [0.29, 0.717) is 16.9 Å². The third-order valence-corrected chi connectivity index (χ3v) is 4.72. The lowest BCUT2D eigenvalue weighted by Gasteiger charge is -2.15. The molecule has 148 valence electrons. The lowest BCUT2D eigenvalue weighted by Crippen LogP contribution is -2.24. The molecule has 28 heavy (non-hydrogen) atoms. The normalized spacial score (nSPS) is 13.1. The van der Waals surface area contributed by atoms with E-state index in [1.807, 2.05) is 13.8 Å². The molecule has 3 rings (SSSR count). The van der Waals surface area contributed by atoms with Crippen molar-refractivity contribution in [2.24, 2.45) is 11.8 Å². The number of halogens is 4. The fraction of sp³-hybridized carbons (Fsp3) is 0.300. The highest BCUT2D eigenvalue weighted by Crippen LogP contribution is 2.34. The molecular weight excluding hydrogens is 374 g/mol. The average Bonchev–Trinajstić information content (AvgIpc) is 2.97. The molecule has 0 saturated carbocycles. The summed E-state index contributed by atoms with van der Waals surface area (Å²) in [7, 11) is 0. The van der Waals surface area contributed by atoms with Crippen LogP contribution in [0.3, 0.4) is 0 Å². The molecule has 4 nitrogen and oxygen atoms in total. The van der Waals surface area contributed by atoms with Crippen LogP contribution in [-0.2, 0) is 11.0 Å². The zero-order valence-electron chi connectivity index (χ0n) is 15.5. The maximum atomic E-state index is 13.8. The third-order valence-electron chi connectivity index (χ3n) is 4.72. The number of hydrogen-bond donors (Lipinski definition) is 1. The number of pyridine rings is 1. The van der Waals surface area contributed by atoms with Gasteiger partial charge in [0.25, 0.3) is 0 Å². The van der Waals surface area contributed by atoms with Crippen molar-refractivity contribution in [3.8, 4) is 11.3 Å². The van der Waals surface area contributed by atoms with E-state index in [9.17, 15) is 22.4 Å². The number of alkyl halides is 3. The van der Waals surface area contributed by atoms with Crippen LogP contribution >= 0.6 is 0 Å². The Morgan fingerprint density at radius 1 is 1.07 bits per heavy atom. The van der Waals surface area contributed by atoms with Crippen molar-refractivity contribution in [1.29, 1.82) is 0 Å². The highest BCUT2D eigenvalue weighted by atomic mass is 19.4. The molecule has 0 radical (unpaired) electrons. The van der Waals surface area contributed by atoms with Crippen molar-refractivity contribution in [1.82, 2.24) is 9.38 Å². The fourth-order valence-corrected chi connectivity index (χ4v) is 2.73. The Morgan fingerprint density at radius 2 is 1.71 bits per heavy atom. The van der Waals surface area contributed by atoms with E-state index < -0.39 is 17.6 Å². The largest absolute Gasteiger partial charge is 0.416 e. The molecule has 0 fully saturated rings. The van der Waals surface area contributed by atoms with Gasteiger partial charge in [0.05, 0.1) is 11.3 Å². The van der Waals surface area contributed by atoms with Gasteiger partial charge in [-0.25, -0.2) is 9.37 Å². The molecule has 1 atom stereocenters. The number of amides is 1. The molecule has 0 spiro atoms. The van der Waals surface area contributed by atoms with Crippen LogP contribution in [0.4, 0.5) is 23.4 Å². The first kappa shape index (κ1) is 19.9. The van der Waals surface area contributed by atoms with Crippen molar-refractivity contribution in [2.45, 2.75) is 26.9 Å². The molecule has 2 aromatic heterocycles. The van der Waals surface area contributed by atoms with Crippen molar-refractivity contribution < 1.29 is 22.4 Å². The molecule has 1 aromatic carbocycles. The van der Waals surface area contributed by atoms with Crippen molar-refractivity contribution in [3.63, 3.8) is 0 Å². The smallest absolute Gasteiger partial charge is 0.309 e. The number of nitrogens with one attached hydrogen (secondary N) is 1. The minimum Gasteiger partial charge on any atom is -0.309 e. The van der Waals surface area contributed by atoms with Gasteiger partial charge in [0.2, 0.25) is 5.91 Å². The molecule has 1 unspecified atom stereocenters. The maximum absolute atomic E-state index is 13.8. The summed E-state index contributed by atoms with van der Waals surface area (Å²) in [6, 6.07) is 7.09. The molecule has 1 amide bonds. The number of imidazole rings is 1. The van der Waals surface area contributed by atoms with Gasteiger partial charge in [0, 0.05) is 17.7 Å². The summed E-state index contributed by atoms with van der Waals surface area (Å²) in [4.78, 5) is 16.8. The second kappa shape index (κ2) is 7.26. The maximum Gasteiger partial charge on any atom is 0.416 e. The monoisotopic (exact) mass is 393 g/mol. The quantitative estimate of drug-likeness (QED) is 0.604. The topological polar surface area (TPSA) is 46.4 Å². The summed E-state index contributed by atoms with van der Waals surface area (Å²) in [5.74, 6) is -0.854. The Kier molecular flexibility index (Phi) is 5.14. The van der Waals surface area contributed by atoms with Gasteiger partial charge >= 0.3 is 6.18 Å². The van der Waals surface area contributed by atoms with Crippen LogP contribution in [0.1, 0.15) is 26.3 Å². The second-order valence-electron chi connectivity index (χ2n) is 6.98. The van der Waals surface area contributed by atoms with Crippen LogP contribution in [-0.4, -0.2) is 15.3 Å². The van der Waals surface area contributed by atoms with E-state index in [0.717, 1.165) is 12.1 Å². The predicted octanol–water partition coefficient (Wildman–Crippen LogP) is 5.39. The van der Waals surface area contributed by atoms with Crippen molar-refractivity contribution in [3.05, 3.63) is 54.0 Å². The van der Waals surface area contributed by atoms with Crippen molar-refractivity contribution in [2.75, 3.05) is 5.32 Å². The van der Waals surface area contributed by atoms with Crippen LogP contribution < -0.4 is 5.32 Å². The van der Waals surface area contributed by atoms with Crippen LogP contribution in [0, 0.1) is 17.7 Å². The van der Waals surface area contributed by atoms with Crippen molar-refractivity contribution >= 4 is 17.4 Å². The van der Waals surface area contributed by atoms with Crippen LogP contribution in [0.15, 0.2) is 42.6 Å². The highest BCUT2D eigenvalue weighted by molar-refractivity contribution is 5.95. The minimum atomic E-state index is -4.46. The fourth-order valence-electron chi connectivity index (χ4n) is 2.73. The van der Waals surface area contributed by atoms with E-state index in [-0.39, 0.29) is 23.6 Å². The van der Waals surface area contributed by atoms with Crippen LogP contribution in [0.5, 0.6) is 0 Å². The summed E-state index contributed by atoms with van der Waals surface area (Å²) in [6.45, 7) is 5.58. The van der Waals surface area contributed by atoms with E-state index in [1.54, 1.807) is 6.92 Å². The lowest BCUT2D eigenvalue weighted by molar-refractivity contribution is -0.137. The van der Waals surface area contributed by atoms with E-state index in [4.69, 9.17) is 0 Å². The number of benzene rings is 1. The van der Waals surface area contributed by atoms with Crippen LogP contribution in [0.25, 0.3) is 16.9 Å². The van der Waals surface area contributed by atoms with Gasteiger partial charge in [0.1, 0.15) is 11.5 Å². The SMILES string of the molecule is CC(C)C(C)C(=O)Nc1nc2ccc(F)cn2c1-c1ccc(C(F)(F)F)cc1. The Morgan fingerprint density at radius 3 is 2.29 bits per heavy atom. The van der Waals surface area contributed by atoms with E-state index >= 15 is 0 Å². The number of carbonyl (C=O) groups is 1. The van der Waals surface area contributed by atoms with Gasteiger partial charge in [0.15, 0.2) is 5.82 Å². The van der Waals surface area contributed by atoms with Gasteiger partial charge < -0.3 is 5.32 Å². The molecule has 0 bridgehead atoms. The first-order valence-electron chi connectivity index (χ1n) is 8.74. The molecule has 0 aliphatic heterocycles. The number of carbonyl (C=O) groups excluding carboxylic acids is 1. The Bertz CT molecular complexity index is 1010. The number of fused-ring (bicyclic) bond motifs is 1. The summed E-state index contributed by atoms with van der Waals surface area (Å²) in [6.07, 6.45) is -3.29. The molecule has 3 aromatic rings. The lowest BCUT2D eigenvalue weighted by atomic mass is 9.97. The van der Waals surface area contributed by atoms with Gasteiger partial charge in [-0.3, -0.25) is 9.20 Å². The highest BCUT2D eigenvalue weighted by Gasteiger charge is 2.30. The summed E-state index contributed by atoms with van der Waals surface area (Å²) in [5, 5.41) is 2.73. The molecule has 8 heteroatoms. The first-order valence-corrected chi connectivity index (χ1v) is 8.74. The predicted molar refractivity (Wildman–Crippen MR) is 98.2 cm³/mol. The summed E-state index contributed by atoms with van der Waals surface area (Å²) < 4.78 is 53.8. The average molecular weight is 393 g/mol. The number of anilines is 1. The van der Waals surface area contributed by atoms with Gasteiger partial charge in [-0.15, -0.1) is 0 Å². The molecule has 1 N–H and O–H groups in total. The van der Waals surface area contributed by atoms with Crippen LogP contribution in [0.2, 0.25) is 0 Å². The summed E-state index contributed by atoms with van der Waals surface area (Å²) >= 11 is 0. The first-order chi connectivity index (χ1) is 13.1. The second-order valence-corrected chi connectivity index (χ2v) is 6.98. The molecule has 2 heterocycles. The Balaban J connectivity index is 2.11. The molecular formula is C20H19F4N3O. The molecule has 0 aliphatic carbocycles. The third kappa shape index (κ3) is 3.85. The minimum absolute atomic E-state index is 0.0870. The molecule has 0 aliphatic rings. The number of rotatable bonds is 4. The van der Waals surface area contributed by atoms with E-state index in [2.05, 4.69) is 10.3 Å². The Labute approximate surface area is 159 Å². The zero-order chi connectivity index (χ0) is 20.6. The Hall–Kier alpha value is -2.90. The van der Waals surface area contributed by atoms with Gasteiger partial charge in [-0.2, -0.15) is 13.2 Å². The zero-order valence-corrected chi connectivity index (χ0v) is 15.5. The summed E-state index contributed by atoms with van der Waals surface area (Å²) in [5.41, 5.74) is 0.255. The number of nitrogens with zero attached hydrogens (tertiary/aromatic N) is 2. The number of aromatic nitrogens is 2. The standard InChI is InChI=1S/C20H19F4N3O/c1-11(2)12(3)19(28)26-18-17(27-10-15(21)8-9-16(27)25-18)13-4-6-14(7-5-13)20(22,23)24/h4-12H,1-3H3,(H,26,28). The number of hydrogen-bond acceptors (Lipinski definition) is 2. The van der Waals surface area contributed by atoms with Gasteiger partial charge in [-0.05, 0) is 30.2 Å². The van der Waals surface area contributed by atoms with E-state index in [1.165, 1.54) is 34.9 Å². The molecule has 0 saturated heterocycles. The van der Waals surface area contributed by atoms with Gasteiger partial charge in [-0.1, -0.05) is 32.9 Å².